The van der Waals surface area contributed by atoms with Gasteiger partial charge in [0.1, 0.15) is 5.82 Å². The molecule has 2 aromatic rings. The monoisotopic (exact) mass is 235 g/mol. The van der Waals surface area contributed by atoms with E-state index in [1.165, 1.54) is 6.07 Å². The van der Waals surface area contributed by atoms with Crippen LogP contribution in [0.4, 0.5) is 4.39 Å². The van der Waals surface area contributed by atoms with Crippen molar-refractivity contribution in [2.24, 2.45) is 5.73 Å². The van der Waals surface area contributed by atoms with E-state index in [1.54, 1.807) is 36.4 Å². The molecule has 2 rings (SSSR count). The predicted octanol–water partition coefficient (Wildman–Crippen LogP) is 3.60. The maximum Gasteiger partial charge on any atom is 0.131 e. The lowest BCUT2D eigenvalue weighted by molar-refractivity contribution is 0.630. The van der Waals surface area contributed by atoms with Crippen molar-refractivity contribution in [2.45, 2.75) is 6.54 Å². The molecule has 0 amide bonds. The lowest BCUT2D eigenvalue weighted by Crippen LogP contribution is -1.97. The van der Waals surface area contributed by atoms with Crippen LogP contribution < -0.4 is 5.73 Å². The van der Waals surface area contributed by atoms with Crippen molar-refractivity contribution in [2.75, 3.05) is 0 Å². The highest BCUT2D eigenvalue weighted by atomic mass is 35.5. The number of rotatable bonds is 2. The van der Waals surface area contributed by atoms with E-state index in [-0.39, 0.29) is 5.82 Å². The molecule has 16 heavy (non-hydrogen) atoms. The Balaban J connectivity index is 2.50. The Hall–Kier alpha value is -1.38. The summed E-state index contributed by atoms with van der Waals surface area (Å²) < 4.78 is 13.6. The molecule has 0 unspecified atom stereocenters. The molecule has 2 aromatic carbocycles. The first-order valence-corrected chi connectivity index (χ1v) is 5.33. The highest BCUT2D eigenvalue weighted by Crippen LogP contribution is 2.25. The highest BCUT2D eigenvalue weighted by molar-refractivity contribution is 6.30. The van der Waals surface area contributed by atoms with Crippen molar-refractivity contribution >= 4 is 11.6 Å². The maximum atomic E-state index is 13.6. The second-order valence-electron chi connectivity index (χ2n) is 3.53. The third kappa shape index (κ3) is 2.23. The lowest BCUT2D eigenvalue weighted by atomic mass is 10.0. The quantitative estimate of drug-likeness (QED) is 0.846. The molecule has 1 nitrogen and oxygen atoms in total. The van der Waals surface area contributed by atoms with Crippen molar-refractivity contribution in [1.82, 2.24) is 0 Å². The fourth-order valence-electron chi connectivity index (χ4n) is 1.55. The van der Waals surface area contributed by atoms with Crippen LogP contribution in [-0.4, -0.2) is 0 Å². The van der Waals surface area contributed by atoms with Crippen LogP contribution in [0.3, 0.4) is 0 Å². The molecule has 0 heterocycles. The first kappa shape index (κ1) is 11.1. The first-order valence-electron chi connectivity index (χ1n) is 4.95. The van der Waals surface area contributed by atoms with Gasteiger partial charge in [-0.05, 0) is 35.4 Å². The van der Waals surface area contributed by atoms with Crippen LogP contribution in [-0.2, 0) is 6.54 Å². The van der Waals surface area contributed by atoms with E-state index >= 15 is 0 Å². The smallest absolute Gasteiger partial charge is 0.131 e. The summed E-state index contributed by atoms with van der Waals surface area (Å²) in [5.41, 5.74) is 7.79. The third-order valence-electron chi connectivity index (χ3n) is 2.42. The molecule has 0 radical (unpaired) electrons. The second kappa shape index (κ2) is 4.64. The van der Waals surface area contributed by atoms with Gasteiger partial charge in [0.05, 0.1) is 0 Å². The Morgan fingerprint density at radius 1 is 1.06 bits per heavy atom. The third-order valence-corrected chi connectivity index (χ3v) is 2.67. The summed E-state index contributed by atoms with van der Waals surface area (Å²) in [6.07, 6.45) is 0. The summed E-state index contributed by atoms with van der Waals surface area (Å²) in [6, 6.07) is 12.0. The van der Waals surface area contributed by atoms with Crippen LogP contribution in [0.15, 0.2) is 42.5 Å². The van der Waals surface area contributed by atoms with Gasteiger partial charge in [-0.15, -0.1) is 0 Å². The average molecular weight is 236 g/mol. The number of hydrogen-bond donors (Lipinski definition) is 1. The summed E-state index contributed by atoms with van der Waals surface area (Å²) in [5, 5.41) is 0.638. The normalized spacial score (nSPS) is 10.4. The zero-order chi connectivity index (χ0) is 11.5. The van der Waals surface area contributed by atoms with Crippen LogP contribution in [0, 0.1) is 5.82 Å². The zero-order valence-corrected chi connectivity index (χ0v) is 9.34. The molecule has 0 bridgehead atoms. The minimum absolute atomic E-state index is 0.250. The summed E-state index contributed by atoms with van der Waals surface area (Å²) in [5.74, 6) is -0.250. The van der Waals surface area contributed by atoms with Gasteiger partial charge < -0.3 is 5.73 Å². The van der Waals surface area contributed by atoms with E-state index in [9.17, 15) is 4.39 Å². The van der Waals surface area contributed by atoms with E-state index in [4.69, 9.17) is 17.3 Å². The van der Waals surface area contributed by atoms with E-state index < -0.39 is 0 Å². The van der Waals surface area contributed by atoms with Crippen LogP contribution in [0.1, 0.15) is 5.56 Å². The number of benzene rings is 2. The van der Waals surface area contributed by atoms with Gasteiger partial charge in [-0.3, -0.25) is 0 Å². The van der Waals surface area contributed by atoms with E-state index in [1.807, 2.05) is 0 Å². The molecular weight excluding hydrogens is 225 g/mol. The fourth-order valence-corrected chi connectivity index (χ4v) is 1.68. The van der Waals surface area contributed by atoms with Crippen molar-refractivity contribution < 1.29 is 4.39 Å². The molecule has 0 saturated heterocycles. The largest absolute Gasteiger partial charge is 0.326 e. The molecule has 0 fully saturated rings. The molecule has 0 spiro atoms. The number of nitrogens with two attached hydrogens (primary N) is 1. The lowest BCUT2D eigenvalue weighted by Gasteiger charge is -2.06. The Morgan fingerprint density at radius 3 is 2.38 bits per heavy atom. The van der Waals surface area contributed by atoms with Gasteiger partial charge in [0.2, 0.25) is 0 Å². The van der Waals surface area contributed by atoms with Crippen molar-refractivity contribution in [3.05, 3.63) is 58.9 Å². The Bertz CT molecular complexity index is 494. The predicted molar refractivity (Wildman–Crippen MR) is 64.7 cm³/mol. The van der Waals surface area contributed by atoms with Gasteiger partial charge in [-0.1, -0.05) is 29.8 Å². The van der Waals surface area contributed by atoms with Gasteiger partial charge >= 0.3 is 0 Å². The molecule has 0 saturated carbocycles. The standard InChI is InChI=1S/C13H11ClFN/c14-11-4-2-10(3-5-11)12-7-9(8-16)1-6-13(12)15/h1-7H,8,16H2. The van der Waals surface area contributed by atoms with E-state index in [0.29, 0.717) is 17.1 Å². The van der Waals surface area contributed by atoms with E-state index in [2.05, 4.69) is 0 Å². The minimum Gasteiger partial charge on any atom is -0.326 e. The summed E-state index contributed by atoms with van der Waals surface area (Å²) in [7, 11) is 0. The summed E-state index contributed by atoms with van der Waals surface area (Å²) in [4.78, 5) is 0. The average Bonchev–Trinajstić information content (AvgIpc) is 2.31. The Kier molecular flexibility index (Phi) is 3.22. The molecule has 0 aliphatic heterocycles. The highest BCUT2D eigenvalue weighted by Gasteiger charge is 2.05. The van der Waals surface area contributed by atoms with Crippen molar-refractivity contribution in [3.63, 3.8) is 0 Å². The summed E-state index contributed by atoms with van der Waals surface area (Å²) >= 11 is 5.78. The molecule has 0 aliphatic rings. The van der Waals surface area contributed by atoms with Gasteiger partial charge in [0, 0.05) is 17.1 Å². The van der Waals surface area contributed by atoms with Crippen LogP contribution >= 0.6 is 11.6 Å². The van der Waals surface area contributed by atoms with Gasteiger partial charge in [-0.2, -0.15) is 0 Å². The first-order chi connectivity index (χ1) is 7.70. The molecule has 3 heteroatoms. The molecule has 0 aromatic heterocycles. The molecule has 82 valence electrons. The van der Waals surface area contributed by atoms with Gasteiger partial charge in [-0.25, -0.2) is 4.39 Å². The zero-order valence-electron chi connectivity index (χ0n) is 8.58. The fraction of sp³-hybridized carbons (Fsp3) is 0.0769. The van der Waals surface area contributed by atoms with Crippen LogP contribution in [0.25, 0.3) is 11.1 Å². The molecule has 2 N–H and O–H groups in total. The molecule has 0 atom stereocenters. The molecule has 0 aliphatic carbocycles. The molecular formula is C13H11ClFN. The number of hydrogen-bond acceptors (Lipinski definition) is 1. The second-order valence-corrected chi connectivity index (χ2v) is 3.96. The van der Waals surface area contributed by atoms with Crippen molar-refractivity contribution in [1.29, 1.82) is 0 Å². The van der Waals surface area contributed by atoms with Gasteiger partial charge in [0.25, 0.3) is 0 Å². The van der Waals surface area contributed by atoms with Crippen LogP contribution in [0.5, 0.6) is 0 Å². The minimum atomic E-state index is -0.250. The van der Waals surface area contributed by atoms with Crippen LogP contribution in [0.2, 0.25) is 5.02 Å². The Labute approximate surface area is 98.7 Å². The summed E-state index contributed by atoms with van der Waals surface area (Å²) in [6.45, 7) is 0.404. The van der Waals surface area contributed by atoms with Crippen molar-refractivity contribution in [3.8, 4) is 11.1 Å². The SMILES string of the molecule is NCc1ccc(F)c(-c2ccc(Cl)cc2)c1. The number of halogens is 2. The maximum absolute atomic E-state index is 13.6. The van der Waals surface area contributed by atoms with Gasteiger partial charge in [0.15, 0.2) is 0 Å². The van der Waals surface area contributed by atoms with E-state index in [0.717, 1.165) is 11.1 Å². The Morgan fingerprint density at radius 2 is 1.75 bits per heavy atom. The topological polar surface area (TPSA) is 26.0 Å².